The lowest BCUT2D eigenvalue weighted by atomic mass is 10.1. The summed E-state index contributed by atoms with van der Waals surface area (Å²) >= 11 is 0. The van der Waals surface area contributed by atoms with Crippen LogP contribution in [0.15, 0.2) is 48.5 Å². The SMILES string of the molecule is O=C(NCc1ccc(N2CCCC2)cc1)c1cccc(N2CCCC2=O)c1. The molecule has 5 heteroatoms. The second kappa shape index (κ2) is 7.82. The van der Waals surface area contributed by atoms with Gasteiger partial charge in [-0.3, -0.25) is 9.59 Å². The maximum Gasteiger partial charge on any atom is 0.251 e. The van der Waals surface area contributed by atoms with Gasteiger partial charge in [0.2, 0.25) is 5.91 Å². The number of hydrogen-bond acceptors (Lipinski definition) is 3. The number of benzene rings is 2. The molecule has 0 atom stereocenters. The third-order valence-electron chi connectivity index (χ3n) is 5.35. The quantitative estimate of drug-likeness (QED) is 0.886. The molecule has 0 aromatic heterocycles. The van der Waals surface area contributed by atoms with Gasteiger partial charge in [-0.1, -0.05) is 18.2 Å². The van der Waals surface area contributed by atoms with Gasteiger partial charge in [-0.2, -0.15) is 0 Å². The lowest BCUT2D eigenvalue weighted by Gasteiger charge is -2.18. The van der Waals surface area contributed by atoms with Crippen LogP contribution in [0.1, 0.15) is 41.6 Å². The topological polar surface area (TPSA) is 52.7 Å². The molecule has 2 aliphatic heterocycles. The van der Waals surface area contributed by atoms with Crippen LogP contribution in [0.5, 0.6) is 0 Å². The molecule has 2 aliphatic rings. The highest BCUT2D eigenvalue weighted by Crippen LogP contribution is 2.23. The zero-order chi connectivity index (χ0) is 18.6. The smallest absolute Gasteiger partial charge is 0.251 e. The summed E-state index contributed by atoms with van der Waals surface area (Å²) in [7, 11) is 0. The number of carbonyl (C=O) groups excluding carboxylic acids is 2. The Kier molecular flexibility index (Phi) is 5.10. The summed E-state index contributed by atoms with van der Waals surface area (Å²) in [5.41, 5.74) is 3.73. The summed E-state index contributed by atoms with van der Waals surface area (Å²) in [5, 5.41) is 2.98. The molecule has 0 radical (unpaired) electrons. The minimum absolute atomic E-state index is 0.118. The lowest BCUT2D eigenvalue weighted by molar-refractivity contribution is -0.117. The number of nitrogens with one attached hydrogen (secondary N) is 1. The van der Waals surface area contributed by atoms with Gasteiger partial charge in [0.1, 0.15) is 0 Å². The molecule has 140 valence electrons. The van der Waals surface area contributed by atoms with Crippen LogP contribution in [0.25, 0.3) is 0 Å². The molecule has 2 fully saturated rings. The predicted molar refractivity (Wildman–Crippen MR) is 107 cm³/mol. The van der Waals surface area contributed by atoms with Gasteiger partial charge in [0.05, 0.1) is 0 Å². The van der Waals surface area contributed by atoms with Crippen molar-refractivity contribution in [2.75, 3.05) is 29.4 Å². The van der Waals surface area contributed by atoms with Crippen molar-refractivity contribution in [2.24, 2.45) is 0 Å². The molecule has 5 nitrogen and oxygen atoms in total. The molecule has 0 saturated carbocycles. The summed E-state index contributed by atoms with van der Waals surface area (Å²) in [6.07, 6.45) is 3.99. The Labute approximate surface area is 160 Å². The van der Waals surface area contributed by atoms with Crippen molar-refractivity contribution in [2.45, 2.75) is 32.2 Å². The minimum atomic E-state index is -0.118. The molecule has 0 spiro atoms. The van der Waals surface area contributed by atoms with E-state index in [1.807, 2.05) is 12.1 Å². The van der Waals surface area contributed by atoms with E-state index in [1.165, 1.54) is 18.5 Å². The summed E-state index contributed by atoms with van der Waals surface area (Å²) < 4.78 is 0. The zero-order valence-electron chi connectivity index (χ0n) is 15.5. The molecule has 2 amide bonds. The molecular weight excluding hydrogens is 338 g/mol. The van der Waals surface area contributed by atoms with Crippen molar-refractivity contribution in [1.82, 2.24) is 5.32 Å². The van der Waals surface area contributed by atoms with Crippen molar-refractivity contribution < 1.29 is 9.59 Å². The van der Waals surface area contributed by atoms with Crippen LogP contribution in [0.4, 0.5) is 11.4 Å². The number of amides is 2. The molecule has 27 heavy (non-hydrogen) atoms. The van der Waals surface area contributed by atoms with Crippen LogP contribution < -0.4 is 15.1 Å². The summed E-state index contributed by atoms with van der Waals surface area (Å²) in [4.78, 5) is 28.6. The normalized spacial score (nSPS) is 16.8. The van der Waals surface area contributed by atoms with E-state index in [0.717, 1.165) is 37.3 Å². The first kappa shape index (κ1) is 17.6. The van der Waals surface area contributed by atoms with Crippen molar-refractivity contribution in [1.29, 1.82) is 0 Å². The molecule has 0 bridgehead atoms. The van der Waals surface area contributed by atoms with Crippen LogP contribution >= 0.6 is 0 Å². The Morgan fingerprint density at radius 1 is 0.926 bits per heavy atom. The third-order valence-corrected chi connectivity index (χ3v) is 5.35. The number of hydrogen-bond donors (Lipinski definition) is 1. The van der Waals surface area contributed by atoms with Crippen molar-refractivity contribution in [3.63, 3.8) is 0 Å². The summed E-state index contributed by atoms with van der Waals surface area (Å²) in [6, 6.07) is 15.7. The first-order valence-electron chi connectivity index (χ1n) is 9.73. The Morgan fingerprint density at radius 2 is 1.70 bits per heavy atom. The van der Waals surface area contributed by atoms with Gasteiger partial charge in [-0.25, -0.2) is 0 Å². The maximum atomic E-state index is 12.5. The molecule has 4 rings (SSSR count). The molecule has 2 aromatic carbocycles. The van der Waals surface area contributed by atoms with E-state index in [9.17, 15) is 9.59 Å². The van der Waals surface area contributed by atoms with Gasteiger partial charge >= 0.3 is 0 Å². The Balaban J connectivity index is 1.37. The first-order chi connectivity index (χ1) is 13.2. The van der Waals surface area contributed by atoms with E-state index in [-0.39, 0.29) is 11.8 Å². The molecule has 2 heterocycles. The Bertz CT molecular complexity index is 826. The molecule has 0 unspecified atom stereocenters. The van der Waals surface area contributed by atoms with Crippen LogP contribution in [0.3, 0.4) is 0 Å². The highest BCUT2D eigenvalue weighted by molar-refractivity contribution is 5.99. The average molecular weight is 363 g/mol. The van der Waals surface area contributed by atoms with Gasteiger partial charge in [-0.15, -0.1) is 0 Å². The maximum absolute atomic E-state index is 12.5. The molecule has 1 N–H and O–H groups in total. The lowest BCUT2D eigenvalue weighted by Crippen LogP contribution is -2.25. The van der Waals surface area contributed by atoms with Gasteiger partial charge in [-0.05, 0) is 55.2 Å². The standard InChI is InChI=1S/C22H25N3O2/c26-21-7-4-14-25(21)20-6-3-5-18(15-20)22(27)23-16-17-8-10-19(11-9-17)24-12-1-2-13-24/h3,5-6,8-11,15H,1-2,4,7,12-14,16H2,(H,23,27). The van der Waals surface area contributed by atoms with E-state index >= 15 is 0 Å². The van der Waals surface area contributed by atoms with E-state index in [0.29, 0.717) is 18.5 Å². The second-order valence-corrected chi connectivity index (χ2v) is 7.24. The highest BCUT2D eigenvalue weighted by atomic mass is 16.2. The fourth-order valence-corrected chi connectivity index (χ4v) is 3.82. The number of anilines is 2. The van der Waals surface area contributed by atoms with Crippen molar-refractivity contribution in [3.8, 4) is 0 Å². The molecular formula is C22H25N3O2. The molecule has 0 aliphatic carbocycles. The van der Waals surface area contributed by atoms with Crippen LogP contribution in [0.2, 0.25) is 0 Å². The van der Waals surface area contributed by atoms with Gasteiger partial charge < -0.3 is 15.1 Å². The molecule has 2 aromatic rings. The number of rotatable bonds is 5. The Hall–Kier alpha value is -2.82. The molecule has 2 saturated heterocycles. The first-order valence-corrected chi connectivity index (χ1v) is 9.73. The van der Waals surface area contributed by atoms with Crippen molar-refractivity contribution >= 4 is 23.2 Å². The van der Waals surface area contributed by atoms with Crippen LogP contribution in [0, 0.1) is 0 Å². The summed E-state index contributed by atoms with van der Waals surface area (Å²) in [6.45, 7) is 3.48. The summed E-state index contributed by atoms with van der Waals surface area (Å²) in [5.74, 6) is 0.0118. The van der Waals surface area contributed by atoms with Gasteiger partial charge in [0, 0.05) is 49.5 Å². The number of nitrogens with zero attached hydrogens (tertiary/aromatic N) is 2. The fourth-order valence-electron chi connectivity index (χ4n) is 3.82. The third kappa shape index (κ3) is 3.97. The van der Waals surface area contributed by atoms with E-state index in [1.54, 1.807) is 17.0 Å². The number of carbonyl (C=O) groups is 2. The predicted octanol–water partition coefficient (Wildman–Crippen LogP) is 3.34. The minimum Gasteiger partial charge on any atom is -0.372 e. The monoisotopic (exact) mass is 363 g/mol. The van der Waals surface area contributed by atoms with Crippen LogP contribution in [-0.4, -0.2) is 31.4 Å². The average Bonchev–Trinajstić information content (AvgIpc) is 3.38. The fraction of sp³-hybridized carbons (Fsp3) is 0.364. The zero-order valence-corrected chi connectivity index (χ0v) is 15.5. The van der Waals surface area contributed by atoms with Gasteiger partial charge in [0.15, 0.2) is 0 Å². The van der Waals surface area contributed by atoms with Crippen LogP contribution in [-0.2, 0) is 11.3 Å². The largest absolute Gasteiger partial charge is 0.372 e. The highest BCUT2D eigenvalue weighted by Gasteiger charge is 2.22. The van der Waals surface area contributed by atoms with Gasteiger partial charge in [0.25, 0.3) is 5.91 Å². The van der Waals surface area contributed by atoms with E-state index in [4.69, 9.17) is 0 Å². The second-order valence-electron chi connectivity index (χ2n) is 7.24. The van der Waals surface area contributed by atoms with E-state index < -0.39 is 0 Å². The van der Waals surface area contributed by atoms with E-state index in [2.05, 4.69) is 34.5 Å². The Morgan fingerprint density at radius 3 is 2.41 bits per heavy atom. The van der Waals surface area contributed by atoms with Crippen molar-refractivity contribution in [3.05, 3.63) is 59.7 Å².